The summed E-state index contributed by atoms with van der Waals surface area (Å²) in [6.45, 7) is 18.2. The first-order valence-corrected chi connectivity index (χ1v) is 21.5. The monoisotopic (exact) mass is 814 g/mol. The van der Waals surface area contributed by atoms with Gasteiger partial charge in [-0.1, -0.05) is 77.5 Å². The number of nitrogens with zero attached hydrogens (tertiary/aromatic N) is 3. The van der Waals surface area contributed by atoms with E-state index in [1.54, 1.807) is 53.9 Å². The molecule has 0 saturated carbocycles. The van der Waals surface area contributed by atoms with Crippen molar-refractivity contribution in [2.45, 2.75) is 155 Å². The molecule has 13 nitrogen and oxygen atoms in total. The second-order valence-electron chi connectivity index (χ2n) is 18.0. The van der Waals surface area contributed by atoms with Crippen LogP contribution in [0.4, 0.5) is 4.79 Å². The Morgan fingerprint density at radius 1 is 0.931 bits per heavy atom. The van der Waals surface area contributed by atoms with Crippen LogP contribution < -0.4 is 10.6 Å². The molecule has 58 heavy (non-hydrogen) atoms. The number of amides is 5. The summed E-state index contributed by atoms with van der Waals surface area (Å²) in [6, 6.07) is -1.68. The molecular formula is C45H75N5O8. The number of hydrogen-bond acceptors (Lipinski definition) is 8. The Hall–Kier alpha value is -3.71. The first-order valence-electron chi connectivity index (χ1n) is 21.5. The highest BCUT2D eigenvalue weighted by atomic mass is 16.6. The summed E-state index contributed by atoms with van der Waals surface area (Å²) >= 11 is 0. The molecule has 328 valence electrons. The fourth-order valence-corrected chi connectivity index (χ4v) is 8.62. The zero-order valence-electron chi connectivity index (χ0n) is 37.5. The summed E-state index contributed by atoms with van der Waals surface area (Å²) in [4.78, 5) is 74.6. The molecule has 0 aromatic rings. The topological polar surface area (TPSA) is 147 Å². The van der Waals surface area contributed by atoms with Crippen LogP contribution in [0.15, 0.2) is 36.5 Å². The van der Waals surface area contributed by atoms with Gasteiger partial charge in [-0.15, -0.1) is 0 Å². The van der Waals surface area contributed by atoms with Crippen LogP contribution in [0.1, 0.15) is 114 Å². The van der Waals surface area contributed by atoms with E-state index in [0.717, 1.165) is 25.7 Å². The Balaban J connectivity index is 1.75. The molecule has 0 unspecified atom stereocenters. The number of nitrogens with one attached hydrogen (secondary N) is 2. The Labute approximate surface area is 348 Å². The molecular weight excluding hydrogens is 739 g/mol. The molecule has 2 fully saturated rings. The van der Waals surface area contributed by atoms with E-state index in [0.29, 0.717) is 38.9 Å². The molecule has 2 N–H and O–H groups in total. The Kier molecular flexibility index (Phi) is 18.5. The summed E-state index contributed by atoms with van der Waals surface area (Å²) in [6.07, 6.45) is 15.5. The number of hydrogen-bond donors (Lipinski definition) is 2. The van der Waals surface area contributed by atoms with Crippen molar-refractivity contribution >= 4 is 29.7 Å². The summed E-state index contributed by atoms with van der Waals surface area (Å²) in [5.74, 6) is -1.52. The van der Waals surface area contributed by atoms with Gasteiger partial charge >= 0.3 is 6.09 Å². The maximum absolute atomic E-state index is 14.5. The van der Waals surface area contributed by atoms with Crippen LogP contribution in [-0.4, -0.2) is 127 Å². The van der Waals surface area contributed by atoms with Gasteiger partial charge in [0.05, 0.1) is 36.6 Å². The van der Waals surface area contributed by atoms with E-state index in [-0.39, 0.29) is 47.9 Å². The molecule has 13 heteroatoms. The van der Waals surface area contributed by atoms with Crippen molar-refractivity contribution in [2.75, 3.05) is 40.9 Å². The van der Waals surface area contributed by atoms with Gasteiger partial charge in [0.1, 0.15) is 17.2 Å². The van der Waals surface area contributed by atoms with Crippen molar-refractivity contribution in [3.8, 4) is 0 Å². The van der Waals surface area contributed by atoms with Crippen LogP contribution in [0.2, 0.25) is 0 Å². The van der Waals surface area contributed by atoms with Crippen molar-refractivity contribution < 1.29 is 38.2 Å². The SMILES string of the molecule is CC[C@H](C)[C@@H]([C@@H](CC(=O)N1CCC[C@H]1[C@H](OC)[C@@H](C)C(=O)NCCC1C=CC=CC=C1)OC)N(C)C(=O)[C@@H](NC(=O)[C@]1(C)CCCCN1C(=O)OC(C)(C)C)C(C)C. The smallest absolute Gasteiger partial charge is 0.411 e. The maximum Gasteiger partial charge on any atom is 0.411 e. The van der Waals surface area contributed by atoms with Gasteiger partial charge in [-0.3, -0.25) is 24.1 Å². The van der Waals surface area contributed by atoms with Crippen LogP contribution in [0.3, 0.4) is 0 Å². The number of rotatable bonds is 18. The highest BCUT2D eigenvalue weighted by Gasteiger charge is 2.48. The summed E-state index contributed by atoms with van der Waals surface area (Å²) in [5, 5.41) is 6.11. The molecule has 0 aromatic heterocycles. The van der Waals surface area contributed by atoms with Gasteiger partial charge in [-0.2, -0.15) is 0 Å². The van der Waals surface area contributed by atoms with Gasteiger partial charge in [0, 0.05) is 40.9 Å². The van der Waals surface area contributed by atoms with Crippen molar-refractivity contribution in [3.05, 3.63) is 36.5 Å². The first kappa shape index (κ1) is 48.7. The molecule has 1 aliphatic carbocycles. The minimum atomic E-state index is -1.20. The number of methoxy groups -OCH3 is 2. The standard InChI is InChI=1S/C45H75N5O8/c1-13-31(4)38(48(10)41(53)37(30(2)3)47-42(54)45(9)25-18-19-28-50(45)43(55)58-44(6,7)8)35(56-11)29-36(51)49-27-20-23-34(49)39(57-12)32(5)40(52)46-26-24-33-21-16-14-15-17-22-33/h14-17,21-22,30-35,37-39H,13,18-20,23-29H2,1-12H3,(H,46,52)(H,47,54)/t31-,32+,34-,35+,37-,38-,39+,45-/m0/s1. The number of allylic oxidation sites excluding steroid dienone is 6. The zero-order valence-corrected chi connectivity index (χ0v) is 37.5. The fourth-order valence-electron chi connectivity index (χ4n) is 8.62. The lowest BCUT2D eigenvalue weighted by atomic mass is 9.86. The van der Waals surface area contributed by atoms with Crippen LogP contribution >= 0.6 is 0 Å². The van der Waals surface area contributed by atoms with E-state index in [1.165, 1.54) is 4.90 Å². The molecule has 5 amide bonds. The Bertz CT molecular complexity index is 1470. The summed E-state index contributed by atoms with van der Waals surface area (Å²) in [7, 11) is 4.87. The van der Waals surface area contributed by atoms with E-state index in [1.807, 2.05) is 63.8 Å². The third-order valence-electron chi connectivity index (χ3n) is 12.3. The average Bonchev–Trinajstić information content (AvgIpc) is 3.51. The molecule has 0 spiro atoms. The molecule has 3 rings (SSSR count). The van der Waals surface area contributed by atoms with Gasteiger partial charge in [0.2, 0.25) is 23.6 Å². The Morgan fingerprint density at radius 2 is 1.59 bits per heavy atom. The van der Waals surface area contributed by atoms with E-state index in [4.69, 9.17) is 14.2 Å². The molecule has 8 atom stereocenters. The molecule has 2 heterocycles. The van der Waals surface area contributed by atoms with Crippen molar-refractivity contribution in [3.63, 3.8) is 0 Å². The zero-order chi connectivity index (χ0) is 43.4. The number of likely N-dealkylation sites (tertiary alicyclic amines) is 2. The molecule has 0 bridgehead atoms. The number of ether oxygens (including phenoxy) is 3. The lowest BCUT2D eigenvalue weighted by Gasteiger charge is -2.45. The molecule has 0 aromatic carbocycles. The quantitative estimate of drug-likeness (QED) is 0.171. The molecule has 2 aliphatic heterocycles. The van der Waals surface area contributed by atoms with E-state index < -0.39 is 53.3 Å². The Morgan fingerprint density at radius 3 is 2.16 bits per heavy atom. The normalized spacial score (nSPS) is 23.1. The van der Waals surface area contributed by atoms with Gasteiger partial charge in [-0.25, -0.2) is 4.79 Å². The van der Waals surface area contributed by atoms with Crippen molar-refractivity contribution in [2.24, 2.45) is 23.7 Å². The van der Waals surface area contributed by atoms with Gasteiger partial charge in [0.15, 0.2) is 0 Å². The maximum atomic E-state index is 14.5. The number of carbonyl (C=O) groups is 5. The second kappa shape index (κ2) is 22.1. The number of piperidine rings is 1. The summed E-state index contributed by atoms with van der Waals surface area (Å²) < 4.78 is 17.7. The van der Waals surface area contributed by atoms with Crippen LogP contribution in [0, 0.1) is 23.7 Å². The summed E-state index contributed by atoms with van der Waals surface area (Å²) in [5.41, 5.74) is -1.93. The van der Waals surface area contributed by atoms with Crippen LogP contribution in [0.25, 0.3) is 0 Å². The highest BCUT2D eigenvalue weighted by Crippen LogP contribution is 2.32. The fraction of sp³-hybridized carbons (Fsp3) is 0.756. The van der Waals surface area contributed by atoms with Crippen LogP contribution in [-0.2, 0) is 33.4 Å². The minimum absolute atomic E-state index is 0.0234. The second-order valence-corrected chi connectivity index (χ2v) is 18.0. The predicted octanol–water partition coefficient (Wildman–Crippen LogP) is 6.03. The number of likely N-dealkylation sites (N-methyl/N-ethyl adjacent to an activating group) is 1. The number of carbonyl (C=O) groups excluding carboxylic acids is 5. The third kappa shape index (κ3) is 12.6. The predicted molar refractivity (Wildman–Crippen MR) is 227 cm³/mol. The van der Waals surface area contributed by atoms with Gasteiger partial charge in [0.25, 0.3) is 0 Å². The lowest BCUT2D eigenvalue weighted by molar-refractivity contribution is -0.148. The first-order chi connectivity index (χ1) is 27.3. The van der Waals surface area contributed by atoms with Crippen molar-refractivity contribution in [1.29, 1.82) is 0 Å². The molecule has 0 radical (unpaired) electrons. The van der Waals surface area contributed by atoms with E-state index >= 15 is 0 Å². The highest BCUT2D eigenvalue weighted by molar-refractivity contribution is 5.94. The lowest BCUT2D eigenvalue weighted by Crippen LogP contribution is -2.65. The molecule has 2 saturated heterocycles. The largest absolute Gasteiger partial charge is 0.444 e. The third-order valence-corrected chi connectivity index (χ3v) is 12.3. The van der Waals surface area contributed by atoms with Gasteiger partial charge in [-0.05, 0) is 84.0 Å². The van der Waals surface area contributed by atoms with E-state index in [9.17, 15) is 24.0 Å². The van der Waals surface area contributed by atoms with E-state index in [2.05, 4.69) is 22.8 Å². The minimum Gasteiger partial charge on any atom is -0.444 e. The average molecular weight is 814 g/mol. The molecule has 3 aliphatic rings. The van der Waals surface area contributed by atoms with Crippen molar-refractivity contribution in [1.82, 2.24) is 25.3 Å². The van der Waals surface area contributed by atoms with Crippen LogP contribution in [0.5, 0.6) is 0 Å². The van der Waals surface area contributed by atoms with Gasteiger partial charge < -0.3 is 34.6 Å².